The van der Waals surface area contributed by atoms with Crippen LogP contribution in [0.1, 0.15) is 12.8 Å². The third-order valence-corrected chi connectivity index (χ3v) is 4.65. The van der Waals surface area contributed by atoms with Gasteiger partial charge in [-0.05, 0) is 55.8 Å². The van der Waals surface area contributed by atoms with Crippen molar-refractivity contribution in [3.8, 4) is 5.75 Å². The highest BCUT2D eigenvalue weighted by Gasteiger charge is 2.34. The molecule has 0 saturated carbocycles. The number of nitrogens with zero attached hydrogens (tertiary/aromatic N) is 1. The molecule has 144 valence electrons. The van der Waals surface area contributed by atoms with E-state index in [1.165, 1.54) is 18.2 Å². The standard InChI is InChI=1S/C20H22ClFN2O3/c21-15-4-1-7-18(10-15)27-14-20(26)8-3-9-24(13-20)12-19(25)23-17-6-2-5-16(22)11-17/h1-2,4-7,10-11,26H,3,8-9,12-14H2,(H,23,25). The molecule has 1 amide bonds. The lowest BCUT2D eigenvalue weighted by Crippen LogP contribution is -2.53. The van der Waals surface area contributed by atoms with Crippen LogP contribution in [-0.2, 0) is 4.79 Å². The number of aliphatic hydroxyl groups is 1. The van der Waals surface area contributed by atoms with E-state index in [-0.39, 0.29) is 19.1 Å². The van der Waals surface area contributed by atoms with Gasteiger partial charge in [-0.3, -0.25) is 9.69 Å². The van der Waals surface area contributed by atoms with Gasteiger partial charge in [-0.1, -0.05) is 23.7 Å². The lowest BCUT2D eigenvalue weighted by atomic mass is 9.93. The molecule has 0 spiro atoms. The van der Waals surface area contributed by atoms with E-state index < -0.39 is 11.4 Å². The zero-order chi connectivity index (χ0) is 19.3. The summed E-state index contributed by atoms with van der Waals surface area (Å²) in [6.45, 7) is 1.27. The first kappa shape index (κ1) is 19.6. The maximum atomic E-state index is 13.2. The van der Waals surface area contributed by atoms with Crippen LogP contribution in [0.5, 0.6) is 5.75 Å². The Morgan fingerprint density at radius 1 is 1.30 bits per heavy atom. The number of hydrogen-bond donors (Lipinski definition) is 2. The van der Waals surface area contributed by atoms with Gasteiger partial charge in [0.25, 0.3) is 0 Å². The summed E-state index contributed by atoms with van der Waals surface area (Å²) < 4.78 is 18.9. The van der Waals surface area contributed by atoms with Gasteiger partial charge >= 0.3 is 0 Å². The number of halogens is 2. The van der Waals surface area contributed by atoms with Gasteiger partial charge in [-0.25, -0.2) is 4.39 Å². The number of benzene rings is 2. The second kappa shape index (κ2) is 8.69. The minimum Gasteiger partial charge on any atom is -0.490 e. The van der Waals surface area contributed by atoms with Gasteiger partial charge in [0.05, 0.1) is 6.54 Å². The first-order valence-electron chi connectivity index (χ1n) is 8.80. The highest BCUT2D eigenvalue weighted by atomic mass is 35.5. The first-order valence-corrected chi connectivity index (χ1v) is 9.18. The molecule has 0 aromatic heterocycles. The van der Waals surface area contributed by atoms with Gasteiger partial charge in [0.15, 0.2) is 0 Å². The summed E-state index contributed by atoms with van der Waals surface area (Å²) in [5.74, 6) is -0.0594. The van der Waals surface area contributed by atoms with Crippen LogP contribution in [0.4, 0.5) is 10.1 Å². The van der Waals surface area contributed by atoms with Gasteiger partial charge in [-0.2, -0.15) is 0 Å². The molecule has 2 aromatic rings. The molecule has 5 nitrogen and oxygen atoms in total. The molecule has 1 heterocycles. The van der Waals surface area contributed by atoms with E-state index in [0.717, 1.165) is 6.42 Å². The number of amides is 1. The van der Waals surface area contributed by atoms with Crippen molar-refractivity contribution < 1.29 is 19.0 Å². The van der Waals surface area contributed by atoms with Crippen LogP contribution < -0.4 is 10.1 Å². The Kier molecular flexibility index (Phi) is 6.31. The summed E-state index contributed by atoms with van der Waals surface area (Å²) >= 11 is 5.94. The highest BCUT2D eigenvalue weighted by molar-refractivity contribution is 6.30. The van der Waals surface area contributed by atoms with Gasteiger partial charge in [0.2, 0.25) is 5.91 Å². The second-order valence-electron chi connectivity index (χ2n) is 6.84. The SMILES string of the molecule is O=C(CN1CCCC(O)(COc2cccc(Cl)c2)C1)Nc1cccc(F)c1. The number of piperidine rings is 1. The van der Waals surface area contributed by atoms with E-state index in [0.29, 0.717) is 36.0 Å². The fraction of sp³-hybridized carbons (Fsp3) is 0.350. The first-order chi connectivity index (χ1) is 12.9. The summed E-state index contributed by atoms with van der Waals surface area (Å²) in [6, 6.07) is 12.8. The maximum absolute atomic E-state index is 13.2. The Bertz CT molecular complexity index is 804. The molecular formula is C20H22ClFN2O3. The lowest BCUT2D eigenvalue weighted by molar-refractivity contribution is -0.119. The van der Waals surface area contributed by atoms with Crippen molar-refractivity contribution in [2.75, 3.05) is 31.6 Å². The molecule has 0 radical (unpaired) electrons. The number of β-amino-alcohol motifs (C(OH)–C–C–N with tert-alkyl or cyclic N) is 1. The Hall–Kier alpha value is -2.15. The molecule has 1 aliphatic rings. The van der Waals surface area contributed by atoms with Crippen LogP contribution in [0.25, 0.3) is 0 Å². The van der Waals surface area contributed by atoms with Crippen molar-refractivity contribution in [2.45, 2.75) is 18.4 Å². The Balaban J connectivity index is 1.52. The summed E-state index contributed by atoms with van der Waals surface area (Å²) in [6.07, 6.45) is 1.35. The molecule has 3 rings (SSSR count). The summed E-state index contributed by atoms with van der Waals surface area (Å²) in [7, 11) is 0. The van der Waals surface area contributed by atoms with E-state index >= 15 is 0 Å². The van der Waals surface area contributed by atoms with Crippen LogP contribution in [-0.4, -0.2) is 47.8 Å². The van der Waals surface area contributed by atoms with Gasteiger partial charge < -0.3 is 15.2 Å². The summed E-state index contributed by atoms with van der Waals surface area (Å²) in [5.41, 5.74) is -0.628. The third kappa shape index (κ3) is 5.92. The smallest absolute Gasteiger partial charge is 0.238 e. The van der Waals surface area contributed by atoms with Gasteiger partial charge in [-0.15, -0.1) is 0 Å². The van der Waals surface area contributed by atoms with Crippen molar-refractivity contribution in [3.63, 3.8) is 0 Å². The van der Waals surface area contributed by atoms with Crippen LogP contribution >= 0.6 is 11.6 Å². The fourth-order valence-electron chi connectivity index (χ4n) is 3.20. The van der Waals surface area contributed by atoms with Crippen molar-refractivity contribution in [3.05, 3.63) is 59.4 Å². The number of carbonyl (C=O) groups excluding carboxylic acids is 1. The molecule has 1 unspecified atom stereocenters. The Morgan fingerprint density at radius 2 is 2.11 bits per heavy atom. The van der Waals surface area contributed by atoms with E-state index in [1.807, 2.05) is 4.90 Å². The van der Waals surface area contributed by atoms with Crippen molar-refractivity contribution in [2.24, 2.45) is 0 Å². The van der Waals surface area contributed by atoms with Crippen LogP contribution in [0.2, 0.25) is 5.02 Å². The van der Waals surface area contributed by atoms with E-state index in [9.17, 15) is 14.3 Å². The van der Waals surface area contributed by atoms with Gasteiger partial charge in [0, 0.05) is 17.3 Å². The molecule has 1 fully saturated rings. The number of carbonyl (C=O) groups is 1. The maximum Gasteiger partial charge on any atom is 0.238 e. The van der Waals surface area contributed by atoms with Crippen LogP contribution in [0.15, 0.2) is 48.5 Å². The minimum atomic E-state index is -1.04. The molecule has 2 N–H and O–H groups in total. The number of anilines is 1. The van der Waals surface area contributed by atoms with E-state index in [2.05, 4.69) is 5.32 Å². The molecule has 2 aromatic carbocycles. The molecule has 27 heavy (non-hydrogen) atoms. The van der Waals surface area contributed by atoms with Gasteiger partial charge in [0.1, 0.15) is 23.8 Å². The molecule has 0 bridgehead atoms. The predicted octanol–water partition coefficient (Wildman–Crippen LogP) is 3.32. The highest BCUT2D eigenvalue weighted by Crippen LogP contribution is 2.24. The Labute approximate surface area is 162 Å². The average Bonchev–Trinajstić information content (AvgIpc) is 2.60. The van der Waals surface area contributed by atoms with Crippen LogP contribution in [0, 0.1) is 5.82 Å². The monoisotopic (exact) mass is 392 g/mol. The Morgan fingerprint density at radius 3 is 2.89 bits per heavy atom. The van der Waals surface area contributed by atoms with Crippen molar-refractivity contribution in [1.29, 1.82) is 0 Å². The lowest BCUT2D eigenvalue weighted by Gasteiger charge is -2.38. The number of likely N-dealkylation sites (tertiary alicyclic amines) is 1. The molecule has 1 saturated heterocycles. The zero-order valence-corrected chi connectivity index (χ0v) is 15.6. The normalized spacial score (nSPS) is 20.3. The quantitative estimate of drug-likeness (QED) is 0.791. The van der Waals surface area contributed by atoms with Crippen molar-refractivity contribution >= 4 is 23.2 Å². The topological polar surface area (TPSA) is 61.8 Å². The van der Waals surface area contributed by atoms with Crippen LogP contribution in [0.3, 0.4) is 0 Å². The number of ether oxygens (including phenoxy) is 1. The van der Waals surface area contributed by atoms with E-state index in [4.69, 9.17) is 16.3 Å². The molecule has 7 heteroatoms. The summed E-state index contributed by atoms with van der Waals surface area (Å²) in [4.78, 5) is 14.1. The predicted molar refractivity (Wildman–Crippen MR) is 103 cm³/mol. The largest absolute Gasteiger partial charge is 0.490 e. The van der Waals surface area contributed by atoms with Crippen molar-refractivity contribution in [1.82, 2.24) is 4.90 Å². The summed E-state index contributed by atoms with van der Waals surface area (Å²) in [5, 5.41) is 14.1. The average molecular weight is 393 g/mol. The number of hydrogen-bond acceptors (Lipinski definition) is 4. The second-order valence-corrected chi connectivity index (χ2v) is 7.28. The fourth-order valence-corrected chi connectivity index (χ4v) is 3.38. The number of rotatable bonds is 6. The number of nitrogens with one attached hydrogen (secondary N) is 1. The molecule has 1 aliphatic heterocycles. The molecule has 0 aliphatic carbocycles. The minimum absolute atomic E-state index is 0.120. The third-order valence-electron chi connectivity index (χ3n) is 4.41. The molecular weight excluding hydrogens is 371 g/mol. The molecule has 1 atom stereocenters. The van der Waals surface area contributed by atoms with E-state index in [1.54, 1.807) is 30.3 Å². The zero-order valence-electron chi connectivity index (χ0n) is 14.8.